The molecule has 4 heterocycles. The Morgan fingerprint density at radius 3 is 2.84 bits per heavy atom. The van der Waals surface area contributed by atoms with Crippen LogP contribution < -0.4 is 5.32 Å². The van der Waals surface area contributed by atoms with Gasteiger partial charge in [0, 0.05) is 10.8 Å². The van der Waals surface area contributed by atoms with Crippen LogP contribution in [0.5, 0.6) is 0 Å². The monoisotopic (exact) mass is 471 g/mol. The molecule has 31 heavy (non-hydrogen) atoms. The molecule has 4 aromatic heterocycles. The maximum absolute atomic E-state index is 12.5. The molecule has 0 saturated heterocycles. The SMILES string of the molecule is CCc1nnc(NC(=O)CSc2nnc3c4c5c(sc4nc(C4CC4)n23)CCCC5)s1. The molecule has 4 aromatic rings. The van der Waals surface area contributed by atoms with Gasteiger partial charge in [0.1, 0.15) is 15.7 Å². The number of hydrogen-bond donors (Lipinski definition) is 1. The van der Waals surface area contributed by atoms with Gasteiger partial charge in [-0.1, -0.05) is 30.0 Å². The molecule has 0 aromatic carbocycles. The first-order valence-corrected chi connectivity index (χ1v) is 13.3. The standard InChI is InChI=1S/C20H21N7OS3/c1-2-14-23-25-19(31-14)21-13(28)9-29-20-26-24-17-15-11-5-3-4-6-12(11)30-18(15)22-16(27(17)20)10-7-8-10/h10H,2-9H2,1H3,(H,21,25,28). The molecule has 1 N–H and O–H groups in total. The third-order valence-corrected chi connectivity index (χ3v) is 8.84. The van der Waals surface area contributed by atoms with Crippen LogP contribution in [0, 0.1) is 0 Å². The van der Waals surface area contributed by atoms with Crippen LogP contribution >= 0.6 is 34.4 Å². The van der Waals surface area contributed by atoms with Gasteiger partial charge in [0.05, 0.1) is 11.1 Å². The Balaban J connectivity index is 1.32. The lowest BCUT2D eigenvalue weighted by molar-refractivity contribution is -0.113. The molecule has 1 fully saturated rings. The van der Waals surface area contributed by atoms with Gasteiger partial charge in [-0.3, -0.25) is 14.5 Å². The number of aromatic nitrogens is 6. The van der Waals surface area contributed by atoms with Gasteiger partial charge in [-0.05, 0) is 50.5 Å². The second-order valence-corrected chi connectivity index (χ2v) is 11.1. The van der Waals surface area contributed by atoms with E-state index in [-0.39, 0.29) is 11.7 Å². The van der Waals surface area contributed by atoms with Crippen molar-refractivity contribution in [1.82, 2.24) is 29.8 Å². The number of nitrogens with zero attached hydrogens (tertiary/aromatic N) is 6. The topological polar surface area (TPSA) is 98.0 Å². The summed E-state index contributed by atoms with van der Waals surface area (Å²) < 4.78 is 2.11. The highest BCUT2D eigenvalue weighted by Gasteiger charge is 2.32. The van der Waals surface area contributed by atoms with Gasteiger partial charge in [0.25, 0.3) is 0 Å². The maximum atomic E-state index is 12.5. The van der Waals surface area contributed by atoms with E-state index in [1.807, 2.05) is 18.3 Å². The summed E-state index contributed by atoms with van der Waals surface area (Å²) in [5.41, 5.74) is 2.32. The Kier molecular flexibility index (Phi) is 4.91. The lowest BCUT2D eigenvalue weighted by Gasteiger charge is -2.11. The predicted molar refractivity (Wildman–Crippen MR) is 123 cm³/mol. The van der Waals surface area contributed by atoms with Crippen LogP contribution in [-0.2, 0) is 24.1 Å². The van der Waals surface area contributed by atoms with Gasteiger partial charge >= 0.3 is 0 Å². The highest BCUT2D eigenvalue weighted by Crippen LogP contribution is 2.44. The molecule has 1 amide bonds. The molecule has 2 aliphatic rings. The normalized spacial score (nSPS) is 16.2. The van der Waals surface area contributed by atoms with Crippen LogP contribution in [-0.4, -0.2) is 41.4 Å². The Morgan fingerprint density at radius 2 is 2.03 bits per heavy atom. The molecule has 0 unspecified atom stereocenters. The van der Waals surface area contributed by atoms with Gasteiger partial charge in [0.15, 0.2) is 10.8 Å². The lowest BCUT2D eigenvalue weighted by atomic mass is 9.97. The third kappa shape index (κ3) is 3.52. The highest BCUT2D eigenvalue weighted by atomic mass is 32.2. The summed E-state index contributed by atoms with van der Waals surface area (Å²) >= 11 is 4.64. The Labute approximate surface area is 190 Å². The second kappa shape index (κ2) is 7.79. The number of thioether (sulfide) groups is 1. The average molecular weight is 472 g/mol. The first-order chi connectivity index (χ1) is 15.2. The molecule has 0 bridgehead atoms. The van der Waals surface area contributed by atoms with Crippen LogP contribution in [0.25, 0.3) is 15.9 Å². The third-order valence-electron chi connectivity index (χ3n) is 5.75. The largest absolute Gasteiger partial charge is 0.300 e. The number of anilines is 1. The number of amides is 1. The van der Waals surface area contributed by atoms with E-state index in [1.54, 1.807) is 0 Å². The minimum Gasteiger partial charge on any atom is -0.300 e. The first kappa shape index (κ1) is 19.6. The Hall–Kier alpha value is -2.11. The predicted octanol–water partition coefficient (Wildman–Crippen LogP) is 4.24. The molecule has 0 atom stereocenters. The van der Waals surface area contributed by atoms with Gasteiger partial charge in [0.2, 0.25) is 11.0 Å². The molecule has 0 aliphatic heterocycles. The fourth-order valence-corrected chi connectivity index (χ4v) is 6.79. The van der Waals surface area contributed by atoms with Crippen molar-refractivity contribution in [2.45, 2.75) is 62.9 Å². The van der Waals surface area contributed by atoms with Crippen LogP contribution in [0.2, 0.25) is 0 Å². The number of nitrogens with one attached hydrogen (secondary N) is 1. The quantitative estimate of drug-likeness (QED) is 0.420. The van der Waals surface area contributed by atoms with Crippen molar-refractivity contribution in [2.24, 2.45) is 0 Å². The fourth-order valence-electron chi connectivity index (χ4n) is 4.09. The molecular formula is C20H21N7OS3. The summed E-state index contributed by atoms with van der Waals surface area (Å²) in [6, 6.07) is 0. The van der Waals surface area contributed by atoms with Crippen molar-refractivity contribution in [3.8, 4) is 0 Å². The number of fused-ring (bicyclic) bond motifs is 5. The van der Waals surface area contributed by atoms with Gasteiger partial charge < -0.3 is 0 Å². The molecule has 0 radical (unpaired) electrons. The van der Waals surface area contributed by atoms with Crippen molar-refractivity contribution in [2.75, 3.05) is 11.1 Å². The Bertz CT molecular complexity index is 1300. The number of thiophene rings is 1. The van der Waals surface area contributed by atoms with E-state index in [4.69, 9.17) is 4.98 Å². The molecule has 2 aliphatic carbocycles. The van der Waals surface area contributed by atoms with Crippen LogP contribution in [0.15, 0.2) is 5.16 Å². The van der Waals surface area contributed by atoms with E-state index in [0.29, 0.717) is 11.0 Å². The molecule has 6 rings (SSSR count). The number of carbonyl (C=O) groups is 1. The van der Waals surface area contributed by atoms with Crippen molar-refractivity contribution in [3.63, 3.8) is 0 Å². The highest BCUT2D eigenvalue weighted by molar-refractivity contribution is 7.99. The average Bonchev–Trinajstić information content (AvgIpc) is 3.21. The summed E-state index contributed by atoms with van der Waals surface area (Å²) in [7, 11) is 0. The minimum absolute atomic E-state index is 0.115. The van der Waals surface area contributed by atoms with Crippen molar-refractivity contribution in [3.05, 3.63) is 21.3 Å². The summed E-state index contributed by atoms with van der Waals surface area (Å²) in [5.74, 6) is 1.64. The second-order valence-electron chi connectivity index (χ2n) is 7.97. The van der Waals surface area contributed by atoms with Gasteiger partial charge in [-0.25, -0.2) is 4.98 Å². The van der Waals surface area contributed by atoms with E-state index >= 15 is 0 Å². The van der Waals surface area contributed by atoms with E-state index in [1.165, 1.54) is 51.8 Å². The first-order valence-electron chi connectivity index (χ1n) is 10.7. The maximum Gasteiger partial charge on any atom is 0.236 e. The molecular weight excluding hydrogens is 450 g/mol. The summed E-state index contributed by atoms with van der Waals surface area (Å²) in [6.45, 7) is 2.02. The molecule has 11 heteroatoms. The summed E-state index contributed by atoms with van der Waals surface area (Å²) in [4.78, 5) is 20.1. The molecule has 1 saturated carbocycles. The van der Waals surface area contributed by atoms with Crippen molar-refractivity contribution in [1.29, 1.82) is 0 Å². The smallest absolute Gasteiger partial charge is 0.236 e. The van der Waals surface area contributed by atoms with Crippen LogP contribution in [0.1, 0.15) is 59.8 Å². The molecule has 160 valence electrons. The number of carbonyl (C=O) groups excluding carboxylic acids is 1. The zero-order valence-electron chi connectivity index (χ0n) is 17.1. The summed E-state index contributed by atoms with van der Waals surface area (Å²) in [6.07, 6.45) is 7.82. The minimum atomic E-state index is -0.115. The van der Waals surface area contributed by atoms with Gasteiger partial charge in [-0.15, -0.1) is 31.7 Å². The van der Waals surface area contributed by atoms with Crippen LogP contribution in [0.4, 0.5) is 5.13 Å². The van der Waals surface area contributed by atoms with E-state index < -0.39 is 0 Å². The number of rotatable bonds is 6. The fraction of sp³-hybridized carbons (Fsp3) is 0.500. The Morgan fingerprint density at radius 1 is 1.16 bits per heavy atom. The number of aryl methyl sites for hydroxylation is 3. The van der Waals surface area contributed by atoms with Crippen LogP contribution in [0.3, 0.4) is 0 Å². The van der Waals surface area contributed by atoms with Crippen molar-refractivity contribution >= 4 is 61.3 Å². The van der Waals surface area contributed by atoms with Gasteiger partial charge in [-0.2, -0.15) is 0 Å². The molecule has 8 nitrogen and oxygen atoms in total. The number of hydrogen-bond acceptors (Lipinski definition) is 9. The zero-order chi connectivity index (χ0) is 20.9. The van der Waals surface area contributed by atoms with E-state index in [0.717, 1.165) is 58.6 Å². The van der Waals surface area contributed by atoms with E-state index in [2.05, 4.69) is 30.1 Å². The molecule has 0 spiro atoms. The van der Waals surface area contributed by atoms with Crippen molar-refractivity contribution < 1.29 is 4.79 Å². The van der Waals surface area contributed by atoms with E-state index in [9.17, 15) is 4.79 Å². The lowest BCUT2D eigenvalue weighted by Crippen LogP contribution is -2.14. The summed E-state index contributed by atoms with van der Waals surface area (Å²) in [5, 5.41) is 23.3. The zero-order valence-corrected chi connectivity index (χ0v) is 19.5.